The van der Waals surface area contributed by atoms with Gasteiger partial charge in [-0.1, -0.05) is 0 Å². The van der Waals surface area contributed by atoms with Crippen molar-refractivity contribution in [2.45, 2.75) is 44.3 Å². The summed E-state index contributed by atoms with van der Waals surface area (Å²) in [6, 6.07) is 3.39. The average molecular weight is 345 g/mol. The lowest BCUT2D eigenvalue weighted by Gasteiger charge is -2.24. The molecule has 1 amide bonds. The van der Waals surface area contributed by atoms with Gasteiger partial charge in [0.05, 0.1) is 18.3 Å². The number of aryl methyl sites for hydroxylation is 1. The molecule has 8 heteroatoms. The minimum atomic E-state index is -0.947. The average Bonchev–Trinajstić information content (AvgIpc) is 3.29. The van der Waals surface area contributed by atoms with Crippen molar-refractivity contribution in [2.75, 3.05) is 18.0 Å². The maximum atomic E-state index is 13.9. The lowest BCUT2D eigenvalue weighted by molar-refractivity contribution is 0.0920. The van der Waals surface area contributed by atoms with Crippen molar-refractivity contribution in [3.05, 3.63) is 35.7 Å². The van der Waals surface area contributed by atoms with Crippen molar-refractivity contribution in [2.24, 2.45) is 0 Å². The molecule has 0 unspecified atom stereocenters. The summed E-state index contributed by atoms with van der Waals surface area (Å²) in [5, 5.41) is 10.7. The Morgan fingerprint density at radius 3 is 3.04 bits per heavy atom. The zero-order valence-corrected chi connectivity index (χ0v) is 14.0. The molecular weight excluding hydrogens is 325 g/mol. The summed E-state index contributed by atoms with van der Waals surface area (Å²) in [6.07, 6.45) is 3.10. The number of aromatic nitrogens is 3. The van der Waals surface area contributed by atoms with Crippen LogP contribution in [0.1, 0.15) is 47.3 Å². The maximum absolute atomic E-state index is 13.9. The number of carbonyl (C=O) groups excluding carboxylic acids is 1. The predicted molar refractivity (Wildman–Crippen MR) is 88.2 cm³/mol. The molecule has 1 aliphatic heterocycles. The van der Waals surface area contributed by atoms with E-state index in [2.05, 4.69) is 20.5 Å². The molecule has 1 N–H and O–H groups in total. The first-order chi connectivity index (χ1) is 12.1. The van der Waals surface area contributed by atoms with Gasteiger partial charge in [-0.15, -0.1) is 5.10 Å². The molecule has 2 aromatic heterocycles. The largest absolute Gasteiger partial charge is 0.435 e. The van der Waals surface area contributed by atoms with E-state index in [1.807, 2.05) is 4.90 Å². The van der Waals surface area contributed by atoms with Crippen LogP contribution in [-0.2, 0) is 0 Å². The van der Waals surface area contributed by atoms with E-state index >= 15 is 0 Å². The fraction of sp³-hybridized carbons (Fsp3) is 0.529. The number of oxazole rings is 1. The normalized spacial score (nSPS) is 23.0. The molecule has 25 heavy (non-hydrogen) atoms. The smallest absolute Gasteiger partial charge is 0.289 e. The first-order valence-electron chi connectivity index (χ1n) is 8.55. The Hall–Kier alpha value is -2.51. The van der Waals surface area contributed by atoms with E-state index in [0.717, 1.165) is 12.8 Å². The fourth-order valence-corrected chi connectivity index (χ4v) is 3.20. The van der Waals surface area contributed by atoms with Crippen molar-refractivity contribution in [1.29, 1.82) is 0 Å². The third kappa shape index (κ3) is 3.33. The van der Waals surface area contributed by atoms with Crippen LogP contribution in [0, 0.1) is 6.92 Å². The van der Waals surface area contributed by atoms with Crippen molar-refractivity contribution >= 4 is 11.7 Å². The number of hydrogen-bond donors (Lipinski definition) is 1. The Kier molecular flexibility index (Phi) is 4.10. The summed E-state index contributed by atoms with van der Waals surface area (Å²) in [5.74, 6) is 1.57. The van der Waals surface area contributed by atoms with Crippen LogP contribution in [0.4, 0.5) is 10.2 Å². The van der Waals surface area contributed by atoms with E-state index in [1.165, 1.54) is 0 Å². The van der Waals surface area contributed by atoms with E-state index < -0.39 is 6.17 Å². The second-order valence-electron chi connectivity index (χ2n) is 6.67. The van der Waals surface area contributed by atoms with Crippen LogP contribution in [0.25, 0.3) is 0 Å². The van der Waals surface area contributed by atoms with Crippen LogP contribution in [0.3, 0.4) is 0 Å². The first kappa shape index (κ1) is 16.0. The lowest BCUT2D eigenvalue weighted by atomic mass is 10.2. The number of alkyl halides is 1. The Labute approximate surface area is 144 Å². The maximum Gasteiger partial charge on any atom is 0.289 e. The van der Waals surface area contributed by atoms with Crippen molar-refractivity contribution < 1.29 is 13.6 Å². The van der Waals surface area contributed by atoms with Gasteiger partial charge in [-0.2, -0.15) is 5.10 Å². The molecule has 0 spiro atoms. The Morgan fingerprint density at radius 2 is 2.32 bits per heavy atom. The van der Waals surface area contributed by atoms with E-state index in [9.17, 15) is 9.18 Å². The van der Waals surface area contributed by atoms with E-state index in [4.69, 9.17) is 4.42 Å². The summed E-state index contributed by atoms with van der Waals surface area (Å²) >= 11 is 0. The van der Waals surface area contributed by atoms with Crippen LogP contribution in [0.2, 0.25) is 0 Å². The zero-order chi connectivity index (χ0) is 17.4. The van der Waals surface area contributed by atoms with Crippen LogP contribution < -0.4 is 10.2 Å². The van der Waals surface area contributed by atoms with E-state index in [-0.39, 0.29) is 24.3 Å². The summed E-state index contributed by atoms with van der Waals surface area (Å²) in [7, 11) is 0. The molecule has 0 radical (unpaired) electrons. The Bertz CT molecular complexity index is 762. The summed E-state index contributed by atoms with van der Waals surface area (Å²) in [5.41, 5.74) is 0.597. The van der Waals surface area contributed by atoms with Crippen LogP contribution >= 0.6 is 0 Å². The number of carbonyl (C=O) groups is 1. The molecule has 1 aliphatic carbocycles. The van der Waals surface area contributed by atoms with Gasteiger partial charge in [0, 0.05) is 25.1 Å². The fourth-order valence-electron chi connectivity index (χ4n) is 3.20. The third-order valence-electron chi connectivity index (χ3n) is 4.66. The van der Waals surface area contributed by atoms with E-state index in [0.29, 0.717) is 36.3 Å². The number of rotatable bonds is 5. The van der Waals surface area contributed by atoms with Gasteiger partial charge in [0.2, 0.25) is 5.76 Å². The molecule has 3 heterocycles. The first-order valence-corrected chi connectivity index (χ1v) is 8.55. The van der Waals surface area contributed by atoms with Gasteiger partial charge in [-0.25, -0.2) is 9.37 Å². The number of anilines is 1. The number of nitrogens with one attached hydrogen (secondary N) is 1. The van der Waals surface area contributed by atoms with Crippen LogP contribution in [0.5, 0.6) is 0 Å². The highest BCUT2D eigenvalue weighted by molar-refractivity contribution is 5.92. The van der Waals surface area contributed by atoms with Gasteiger partial charge < -0.3 is 14.6 Å². The molecule has 0 aromatic carbocycles. The molecule has 1 saturated carbocycles. The quantitative estimate of drug-likeness (QED) is 0.892. The molecule has 7 nitrogen and oxygen atoms in total. The molecule has 0 bridgehead atoms. The van der Waals surface area contributed by atoms with Gasteiger partial charge in [-0.3, -0.25) is 4.79 Å². The molecule has 2 aliphatic rings. The highest BCUT2D eigenvalue weighted by Gasteiger charge is 2.34. The second-order valence-corrected chi connectivity index (χ2v) is 6.67. The number of nitrogens with zero attached hydrogens (tertiary/aromatic N) is 4. The second kappa shape index (κ2) is 6.42. The molecular formula is C17H20FN5O2. The molecule has 2 fully saturated rings. The molecule has 4 rings (SSSR count). The standard InChI is InChI=1S/C17H20FN5O2/c1-10-15(25-17(21-10)11-4-5-11)16(24)19-8-13-7-12(18)9-23(13)14-3-2-6-20-22-14/h2-3,6,11-13H,4-5,7-9H2,1H3,(H,19,24)/t12-,13-/m0/s1. The van der Waals surface area contributed by atoms with Gasteiger partial charge >= 0.3 is 0 Å². The highest BCUT2D eigenvalue weighted by Crippen LogP contribution is 2.40. The van der Waals surface area contributed by atoms with Gasteiger partial charge in [0.25, 0.3) is 5.91 Å². The van der Waals surface area contributed by atoms with Crippen molar-refractivity contribution in [3.63, 3.8) is 0 Å². The lowest BCUT2D eigenvalue weighted by Crippen LogP contribution is -2.40. The van der Waals surface area contributed by atoms with E-state index in [1.54, 1.807) is 25.3 Å². The molecule has 132 valence electrons. The SMILES string of the molecule is Cc1nc(C2CC2)oc1C(=O)NC[C@@H]1C[C@H](F)CN1c1cccnn1. The molecule has 2 atom stereocenters. The van der Waals surface area contributed by atoms with Gasteiger partial charge in [0.1, 0.15) is 6.17 Å². The number of hydrogen-bond acceptors (Lipinski definition) is 6. The summed E-state index contributed by atoms with van der Waals surface area (Å²) < 4.78 is 19.5. The van der Waals surface area contributed by atoms with Crippen molar-refractivity contribution in [3.8, 4) is 0 Å². The Balaban J connectivity index is 1.42. The zero-order valence-electron chi connectivity index (χ0n) is 14.0. The molecule has 2 aromatic rings. The minimum Gasteiger partial charge on any atom is -0.435 e. The monoisotopic (exact) mass is 345 g/mol. The topological polar surface area (TPSA) is 84.2 Å². The Morgan fingerprint density at radius 1 is 1.48 bits per heavy atom. The minimum absolute atomic E-state index is 0.165. The summed E-state index contributed by atoms with van der Waals surface area (Å²) in [4.78, 5) is 18.6. The highest BCUT2D eigenvalue weighted by atomic mass is 19.1. The predicted octanol–water partition coefficient (Wildman–Crippen LogP) is 2.00. The van der Waals surface area contributed by atoms with Crippen LogP contribution in [0.15, 0.2) is 22.7 Å². The van der Waals surface area contributed by atoms with Crippen LogP contribution in [-0.4, -0.2) is 46.4 Å². The third-order valence-corrected chi connectivity index (χ3v) is 4.66. The summed E-state index contributed by atoms with van der Waals surface area (Å²) in [6.45, 7) is 2.34. The van der Waals surface area contributed by atoms with Crippen molar-refractivity contribution in [1.82, 2.24) is 20.5 Å². The van der Waals surface area contributed by atoms with Gasteiger partial charge in [0.15, 0.2) is 11.7 Å². The number of halogens is 1. The number of amides is 1. The molecule has 1 saturated heterocycles. The van der Waals surface area contributed by atoms with Gasteiger partial charge in [-0.05, 0) is 31.9 Å².